The van der Waals surface area contributed by atoms with Gasteiger partial charge in [0.05, 0.1) is 11.3 Å². The topological polar surface area (TPSA) is 114 Å². The maximum absolute atomic E-state index is 12.5. The number of hydrogen-bond donors (Lipinski definition) is 2. The van der Waals surface area contributed by atoms with Gasteiger partial charge in [0, 0.05) is 6.54 Å². The van der Waals surface area contributed by atoms with Gasteiger partial charge in [0.15, 0.2) is 0 Å². The molecule has 138 valence electrons. The Hall–Kier alpha value is -2.77. The van der Waals surface area contributed by atoms with E-state index >= 15 is 0 Å². The maximum atomic E-state index is 12.5. The first-order chi connectivity index (χ1) is 12.5. The lowest BCUT2D eigenvalue weighted by Crippen LogP contribution is -2.40. The van der Waals surface area contributed by atoms with E-state index < -0.39 is 12.0 Å². The molecule has 1 unspecified atom stereocenters. The van der Waals surface area contributed by atoms with Gasteiger partial charge in [0.1, 0.15) is 11.6 Å². The minimum atomic E-state index is -0.769. The van der Waals surface area contributed by atoms with Crippen molar-refractivity contribution in [2.45, 2.75) is 38.6 Å². The molecule has 8 nitrogen and oxygen atoms in total. The van der Waals surface area contributed by atoms with Crippen LogP contribution in [-0.4, -0.2) is 38.5 Å². The molecule has 1 aliphatic rings. The minimum absolute atomic E-state index is 0.265. The predicted molar refractivity (Wildman–Crippen MR) is 94.6 cm³/mol. The van der Waals surface area contributed by atoms with Crippen LogP contribution in [0.4, 0.5) is 0 Å². The highest BCUT2D eigenvalue weighted by atomic mass is 16.4. The van der Waals surface area contributed by atoms with E-state index in [1.165, 1.54) is 0 Å². The number of aliphatic carboxylic acids is 1. The van der Waals surface area contributed by atoms with E-state index in [2.05, 4.69) is 15.6 Å². The fourth-order valence-electron chi connectivity index (χ4n) is 3.37. The van der Waals surface area contributed by atoms with Crippen LogP contribution in [0.2, 0.25) is 0 Å². The number of rotatable bonds is 5. The minimum Gasteiger partial charge on any atom is -0.481 e. The molecule has 0 spiro atoms. The van der Waals surface area contributed by atoms with Crippen LogP contribution in [0.25, 0.3) is 10.9 Å². The van der Waals surface area contributed by atoms with E-state index in [0.717, 1.165) is 17.5 Å². The highest BCUT2D eigenvalue weighted by molar-refractivity contribution is 5.81. The highest BCUT2D eigenvalue weighted by Gasteiger charge is 2.27. The Morgan fingerprint density at radius 2 is 1.96 bits per heavy atom. The number of aromatic nitrogens is 3. The van der Waals surface area contributed by atoms with Crippen LogP contribution < -0.4 is 10.9 Å². The molecular weight excluding hydrogens is 336 g/mol. The number of fused-ring (bicyclic) bond motifs is 1. The van der Waals surface area contributed by atoms with Crippen molar-refractivity contribution in [3.05, 3.63) is 34.6 Å². The third kappa shape index (κ3) is 3.74. The number of carbonyl (C=O) groups is 2. The Balaban J connectivity index is 1.61. The average molecular weight is 358 g/mol. The van der Waals surface area contributed by atoms with Crippen LogP contribution in [0, 0.1) is 11.8 Å². The molecule has 0 radical (unpaired) electrons. The SMILES string of the molecule is CC(C(=O)NCC1CCC(C(=O)O)CC1)n1nnc2ccccc2c1=O. The summed E-state index contributed by atoms with van der Waals surface area (Å²) in [6.07, 6.45) is 2.84. The van der Waals surface area contributed by atoms with Gasteiger partial charge in [-0.2, -0.15) is 4.68 Å². The first-order valence-electron chi connectivity index (χ1n) is 8.82. The van der Waals surface area contributed by atoms with Crippen molar-refractivity contribution in [2.24, 2.45) is 11.8 Å². The van der Waals surface area contributed by atoms with Crippen LogP contribution in [-0.2, 0) is 9.59 Å². The summed E-state index contributed by atoms with van der Waals surface area (Å²) in [5, 5.41) is 20.2. The lowest BCUT2D eigenvalue weighted by Gasteiger charge is -2.26. The van der Waals surface area contributed by atoms with Crippen molar-refractivity contribution in [1.82, 2.24) is 20.3 Å². The van der Waals surface area contributed by atoms with E-state index in [4.69, 9.17) is 5.11 Å². The number of carboxylic acids is 1. The normalized spacial score (nSPS) is 21.3. The predicted octanol–water partition coefficient (Wildman–Crippen LogP) is 1.36. The van der Waals surface area contributed by atoms with E-state index in [9.17, 15) is 14.4 Å². The fourth-order valence-corrected chi connectivity index (χ4v) is 3.37. The van der Waals surface area contributed by atoms with Gasteiger partial charge in [0.25, 0.3) is 5.56 Å². The van der Waals surface area contributed by atoms with E-state index in [0.29, 0.717) is 30.3 Å². The first-order valence-corrected chi connectivity index (χ1v) is 8.82. The smallest absolute Gasteiger partial charge is 0.306 e. The third-order valence-corrected chi connectivity index (χ3v) is 5.10. The van der Waals surface area contributed by atoms with Crippen molar-refractivity contribution in [3.8, 4) is 0 Å². The highest BCUT2D eigenvalue weighted by Crippen LogP contribution is 2.28. The summed E-state index contributed by atoms with van der Waals surface area (Å²) in [5.74, 6) is -1.04. The van der Waals surface area contributed by atoms with Crippen molar-refractivity contribution < 1.29 is 14.7 Å². The molecule has 1 fully saturated rings. The van der Waals surface area contributed by atoms with Crippen molar-refractivity contribution in [2.75, 3.05) is 6.54 Å². The summed E-state index contributed by atoms with van der Waals surface area (Å²) in [6.45, 7) is 2.09. The molecule has 8 heteroatoms. The zero-order valence-electron chi connectivity index (χ0n) is 14.6. The molecule has 0 bridgehead atoms. The lowest BCUT2D eigenvalue weighted by atomic mass is 9.82. The summed E-state index contributed by atoms with van der Waals surface area (Å²) in [5.41, 5.74) is 0.150. The van der Waals surface area contributed by atoms with E-state index in [-0.39, 0.29) is 23.3 Å². The molecule has 3 rings (SSSR count). The second kappa shape index (κ2) is 7.63. The van der Waals surface area contributed by atoms with Gasteiger partial charge in [-0.05, 0) is 50.7 Å². The maximum Gasteiger partial charge on any atom is 0.306 e. The van der Waals surface area contributed by atoms with Gasteiger partial charge in [-0.25, -0.2) is 0 Å². The molecule has 1 saturated carbocycles. The summed E-state index contributed by atoms with van der Waals surface area (Å²) in [6, 6.07) is 6.11. The monoisotopic (exact) mass is 358 g/mol. The number of amides is 1. The van der Waals surface area contributed by atoms with Crippen LogP contribution >= 0.6 is 0 Å². The molecule has 1 amide bonds. The van der Waals surface area contributed by atoms with E-state index in [1.54, 1.807) is 31.2 Å². The molecule has 1 aliphatic carbocycles. The number of hydrogen-bond acceptors (Lipinski definition) is 5. The molecule has 2 N–H and O–H groups in total. The van der Waals surface area contributed by atoms with Gasteiger partial charge in [-0.1, -0.05) is 17.3 Å². The Bertz CT molecular complexity index is 871. The van der Waals surface area contributed by atoms with Gasteiger partial charge < -0.3 is 10.4 Å². The second-order valence-electron chi connectivity index (χ2n) is 6.83. The molecule has 1 atom stereocenters. The van der Waals surface area contributed by atoms with Gasteiger partial charge in [-0.15, -0.1) is 5.10 Å². The summed E-state index contributed by atoms with van der Waals surface area (Å²) < 4.78 is 1.10. The van der Waals surface area contributed by atoms with Crippen LogP contribution in [0.5, 0.6) is 0 Å². The number of nitrogens with zero attached hydrogens (tertiary/aromatic N) is 3. The molecule has 2 aromatic rings. The van der Waals surface area contributed by atoms with Crippen LogP contribution in [0.3, 0.4) is 0 Å². The largest absolute Gasteiger partial charge is 0.481 e. The third-order valence-electron chi connectivity index (χ3n) is 5.10. The number of carboxylic acid groups (broad SMARTS) is 1. The summed E-state index contributed by atoms with van der Waals surface area (Å²) in [4.78, 5) is 35.9. The second-order valence-corrected chi connectivity index (χ2v) is 6.83. The zero-order chi connectivity index (χ0) is 18.7. The molecular formula is C18H22N4O4. The van der Waals surface area contributed by atoms with Crippen LogP contribution in [0.1, 0.15) is 38.6 Å². The Morgan fingerprint density at radius 3 is 2.65 bits per heavy atom. The first kappa shape index (κ1) is 18.0. The van der Waals surface area contributed by atoms with Crippen LogP contribution in [0.15, 0.2) is 29.1 Å². The number of carbonyl (C=O) groups excluding carboxylic acids is 1. The van der Waals surface area contributed by atoms with E-state index in [1.807, 2.05) is 0 Å². The molecule has 1 aromatic carbocycles. The van der Waals surface area contributed by atoms with Crippen molar-refractivity contribution >= 4 is 22.8 Å². The van der Waals surface area contributed by atoms with Crippen molar-refractivity contribution in [3.63, 3.8) is 0 Å². The van der Waals surface area contributed by atoms with Gasteiger partial charge >= 0.3 is 5.97 Å². The molecule has 0 aliphatic heterocycles. The lowest BCUT2D eigenvalue weighted by molar-refractivity contribution is -0.143. The quantitative estimate of drug-likeness (QED) is 0.834. The van der Waals surface area contributed by atoms with Crippen molar-refractivity contribution in [1.29, 1.82) is 0 Å². The summed E-state index contributed by atoms with van der Waals surface area (Å²) in [7, 11) is 0. The molecule has 0 saturated heterocycles. The summed E-state index contributed by atoms with van der Waals surface area (Å²) >= 11 is 0. The molecule has 1 aromatic heterocycles. The molecule has 26 heavy (non-hydrogen) atoms. The Morgan fingerprint density at radius 1 is 1.27 bits per heavy atom. The Labute approximate surface area is 150 Å². The fraction of sp³-hybridized carbons (Fsp3) is 0.500. The average Bonchev–Trinajstić information content (AvgIpc) is 2.66. The standard InChI is InChI=1S/C18H22N4O4/c1-11(22-17(24)14-4-2-3-5-15(14)20-21-22)16(23)19-10-12-6-8-13(9-7-12)18(25)26/h2-5,11-13H,6-10H2,1H3,(H,19,23)(H,25,26). The molecule has 1 heterocycles. The number of nitrogens with one attached hydrogen (secondary N) is 1. The Kier molecular flexibility index (Phi) is 5.29. The van der Waals surface area contributed by atoms with Gasteiger partial charge in [-0.3, -0.25) is 14.4 Å². The van der Waals surface area contributed by atoms with Gasteiger partial charge in [0.2, 0.25) is 5.91 Å². The number of benzene rings is 1. The zero-order valence-corrected chi connectivity index (χ0v) is 14.6.